The molecule has 1 aromatic carbocycles. The number of imidazole rings is 1. The first-order valence-electron chi connectivity index (χ1n) is 8.93. The molecular weight excluding hydrogens is 340 g/mol. The molecule has 27 heavy (non-hydrogen) atoms. The zero-order valence-electron chi connectivity index (χ0n) is 16.2. The molecule has 3 aromatic rings. The minimum atomic E-state index is -0.478. The van der Waals surface area contributed by atoms with Gasteiger partial charge in [-0.05, 0) is 38.8 Å². The number of ether oxygens (including phenoxy) is 1. The van der Waals surface area contributed by atoms with Crippen molar-refractivity contribution in [3.63, 3.8) is 0 Å². The van der Waals surface area contributed by atoms with Gasteiger partial charge in [-0.15, -0.1) is 0 Å². The van der Waals surface area contributed by atoms with Crippen LogP contribution in [0.25, 0.3) is 15.7 Å². The van der Waals surface area contributed by atoms with Gasteiger partial charge in [0, 0.05) is 36.8 Å². The summed E-state index contributed by atoms with van der Waals surface area (Å²) in [5, 5.41) is 1.06. The third-order valence-corrected chi connectivity index (χ3v) is 4.19. The summed E-state index contributed by atoms with van der Waals surface area (Å²) in [4.78, 5) is 20.0. The summed E-state index contributed by atoms with van der Waals surface area (Å²) in [7, 11) is 1.94. The second-order valence-corrected chi connectivity index (χ2v) is 7.71. The van der Waals surface area contributed by atoms with Gasteiger partial charge in [-0.3, -0.25) is 4.79 Å². The molecule has 0 radical (unpaired) electrons. The van der Waals surface area contributed by atoms with E-state index in [0.717, 1.165) is 22.2 Å². The van der Waals surface area contributed by atoms with Crippen LogP contribution in [0, 0.1) is 6.57 Å². The van der Waals surface area contributed by atoms with E-state index in [4.69, 9.17) is 11.3 Å². The zero-order valence-corrected chi connectivity index (χ0v) is 16.2. The van der Waals surface area contributed by atoms with E-state index in [1.165, 1.54) is 0 Å². The maximum atomic E-state index is 12.1. The molecule has 0 atom stereocenters. The molecule has 0 saturated carbocycles. The number of aryl methyl sites for hydroxylation is 2. The van der Waals surface area contributed by atoms with Gasteiger partial charge in [0.25, 0.3) is 0 Å². The first-order chi connectivity index (χ1) is 12.7. The average Bonchev–Trinajstić information content (AvgIpc) is 3.15. The molecular formula is C21H24N4O2. The van der Waals surface area contributed by atoms with Crippen LogP contribution in [-0.4, -0.2) is 25.7 Å². The van der Waals surface area contributed by atoms with Crippen LogP contribution in [0.1, 0.15) is 38.4 Å². The van der Waals surface area contributed by atoms with E-state index >= 15 is 0 Å². The van der Waals surface area contributed by atoms with Gasteiger partial charge in [-0.25, -0.2) is 9.83 Å². The lowest BCUT2D eigenvalue weighted by Crippen LogP contribution is -2.23. The third-order valence-electron chi connectivity index (χ3n) is 4.19. The van der Waals surface area contributed by atoms with Crippen molar-refractivity contribution in [1.29, 1.82) is 0 Å². The maximum absolute atomic E-state index is 12.1. The van der Waals surface area contributed by atoms with Gasteiger partial charge in [0.05, 0.1) is 25.1 Å². The Morgan fingerprint density at radius 2 is 2.07 bits per heavy atom. The van der Waals surface area contributed by atoms with Crippen molar-refractivity contribution in [3.8, 4) is 0 Å². The summed E-state index contributed by atoms with van der Waals surface area (Å²) in [6.07, 6.45) is 6.72. The van der Waals surface area contributed by atoms with Gasteiger partial charge >= 0.3 is 5.97 Å². The topological polar surface area (TPSA) is 53.4 Å². The Morgan fingerprint density at radius 1 is 1.30 bits per heavy atom. The highest BCUT2D eigenvalue weighted by Gasteiger charge is 2.17. The van der Waals surface area contributed by atoms with Crippen molar-refractivity contribution in [2.45, 2.75) is 45.8 Å². The molecule has 0 N–H and O–H groups in total. The molecule has 140 valence electrons. The van der Waals surface area contributed by atoms with Crippen LogP contribution in [0.5, 0.6) is 0 Å². The van der Waals surface area contributed by atoms with E-state index in [9.17, 15) is 4.79 Å². The molecule has 0 aliphatic rings. The fourth-order valence-electron chi connectivity index (χ4n) is 3.11. The molecule has 2 heterocycles. The number of hydrogen-bond donors (Lipinski definition) is 0. The van der Waals surface area contributed by atoms with Crippen LogP contribution >= 0.6 is 0 Å². The predicted octanol–water partition coefficient (Wildman–Crippen LogP) is 4.25. The highest BCUT2D eigenvalue weighted by Crippen LogP contribution is 2.28. The molecule has 6 nitrogen and oxygen atoms in total. The largest absolute Gasteiger partial charge is 0.460 e. The molecule has 0 bridgehead atoms. The van der Waals surface area contributed by atoms with E-state index in [1.807, 2.05) is 56.8 Å². The molecule has 0 amide bonds. The van der Waals surface area contributed by atoms with Crippen molar-refractivity contribution < 1.29 is 9.53 Å². The lowest BCUT2D eigenvalue weighted by molar-refractivity contribution is -0.154. The highest BCUT2D eigenvalue weighted by molar-refractivity contribution is 5.87. The highest BCUT2D eigenvalue weighted by atomic mass is 16.6. The Bertz CT molecular complexity index is 1020. The molecule has 3 rings (SSSR count). The van der Waals surface area contributed by atoms with Crippen LogP contribution in [0.2, 0.25) is 0 Å². The van der Waals surface area contributed by atoms with Crippen molar-refractivity contribution in [3.05, 3.63) is 59.6 Å². The Hall–Kier alpha value is -3.07. The van der Waals surface area contributed by atoms with E-state index in [2.05, 4.69) is 20.6 Å². The predicted molar refractivity (Wildman–Crippen MR) is 105 cm³/mol. The van der Waals surface area contributed by atoms with Gasteiger partial charge in [0.1, 0.15) is 5.60 Å². The fourth-order valence-corrected chi connectivity index (χ4v) is 3.11. The first-order valence-corrected chi connectivity index (χ1v) is 8.93. The number of benzene rings is 1. The van der Waals surface area contributed by atoms with Gasteiger partial charge in [0.2, 0.25) is 0 Å². The second-order valence-electron chi connectivity index (χ2n) is 7.71. The summed E-state index contributed by atoms with van der Waals surface area (Å²) in [6, 6.07) is 5.67. The SMILES string of the molecule is [C-]#[N+]c1ccc2c(CCC(=O)OC(C)(C)C)cn(Cc3cn(C)cn3)c2c1. The molecule has 0 fully saturated rings. The number of esters is 1. The number of aromatic nitrogens is 3. The number of carbonyl (C=O) groups excluding carboxylic acids is 1. The van der Waals surface area contributed by atoms with E-state index in [1.54, 1.807) is 6.33 Å². The summed E-state index contributed by atoms with van der Waals surface area (Å²) >= 11 is 0. The first kappa shape index (κ1) is 18.7. The summed E-state index contributed by atoms with van der Waals surface area (Å²) in [6.45, 7) is 13.5. The van der Waals surface area contributed by atoms with Crippen LogP contribution in [0.15, 0.2) is 36.9 Å². The van der Waals surface area contributed by atoms with Gasteiger partial charge < -0.3 is 13.9 Å². The van der Waals surface area contributed by atoms with Crippen molar-refractivity contribution >= 4 is 22.6 Å². The lowest BCUT2D eigenvalue weighted by Gasteiger charge is -2.19. The Labute approximate surface area is 159 Å². The second kappa shape index (κ2) is 7.28. The van der Waals surface area contributed by atoms with Crippen molar-refractivity contribution in [2.75, 3.05) is 0 Å². The Morgan fingerprint density at radius 3 is 2.70 bits per heavy atom. The lowest BCUT2D eigenvalue weighted by atomic mass is 10.1. The quantitative estimate of drug-likeness (QED) is 0.502. The molecule has 0 aliphatic carbocycles. The van der Waals surface area contributed by atoms with E-state index in [0.29, 0.717) is 25.1 Å². The van der Waals surface area contributed by atoms with Crippen molar-refractivity contribution in [1.82, 2.24) is 14.1 Å². The summed E-state index contributed by atoms with van der Waals surface area (Å²) in [5.74, 6) is -0.203. The van der Waals surface area contributed by atoms with Gasteiger partial charge in [-0.2, -0.15) is 0 Å². The minimum Gasteiger partial charge on any atom is -0.460 e. The third kappa shape index (κ3) is 4.56. The molecule has 2 aromatic heterocycles. The average molecular weight is 364 g/mol. The number of rotatable bonds is 5. The molecule has 6 heteroatoms. The molecule has 0 aliphatic heterocycles. The van der Waals surface area contributed by atoms with Gasteiger partial charge in [-0.1, -0.05) is 12.1 Å². The Balaban J connectivity index is 1.89. The standard InChI is InChI=1S/C21H24N4O2/c1-21(2,3)27-20(26)9-6-15-11-25(13-17-12-24(5)14-23-17)19-10-16(22-4)7-8-18(15)19/h7-8,10-12,14H,6,9,13H2,1-3,5H3. The minimum absolute atomic E-state index is 0.203. The molecule has 0 unspecified atom stereocenters. The number of hydrogen-bond acceptors (Lipinski definition) is 3. The van der Waals surface area contributed by atoms with E-state index in [-0.39, 0.29) is 5.97 Å². The maximum Gasteiger partial charge on any atom is 0.306 e. The van der Waals surface area contributed by atoms with Crippen LogP contribution in [0.3, 0.4) is 0 Å². The smallest absolute Gasteiger partial charge is 0.306 e. The van der Waals surface area contributed by atoms with Crippen LogP contribution in [0.4, 0.5) is 5.69 Å². The molecule has 0 spiro atoms. The monoisotopic (exact) mass is 364 g/mol. The summed E-state index contributed by atoms with van der Waals surface area (Å²) < 4.78 is 9.42. The number of nitrogens with zero attached hydrogens (tertiary/aromatic N) is 4. The van der Waals surface area contributed by atoms with Crippen LogP contribution < -0.4 is 0 Å². The zero-order chi connectivity index (χ0) is 19.6. The number of carbonyl (C=O) groups is 1. The fraction of sp³-hybridized carbons (Fsp3) is 0.381. The van der Waals surface area contributed by atoms with E-state index < -0.39 is 5.60 Å². The van der Waals surface area contributed by atoms with Crippen LogP contribution in [-0.2, 0) is 29.5 Å². The van der Waals surface area contributed by atoms with Gasteiger partial charge in [0.15, 0.2) is 5.69 Å². The number of fused-ring (bicyclic) bond motifs is 1. The van der Waals surface area contributed by atoms with Crippen molar-refractivity contribution in [2.24, 2.45) is 7.05 Å². The Kier molecular flexibility index (Phi) is 5.04. The normalized spacial score (nSPS) is 11.5. The summed E-state index contributed by atoms with van der Waals surface area (Å²) in [5.41, 5.74) is 3.12. The molecule has 0 saturated heterocycles.